The molecule has 1 aliphatic heterocycles. The van der Waals surface area contributed by atoms with Gasteiger partial charge in [-0.1, -0.05) is 53.2 Å². The summed E-state index contributed by atoms with van der Waals surface area (Å²) >= 11 is 0. The van der Waals surface area contributed by atoms with Crippen LogP contribution in [0.3, 0.4) is 0 Å². The highest BCUT2D eigenvalue weighted by Crippen LogP contribution is 2.76. The first kappa shape index (κ1) is 36.2. The van der Waals surface area contributed by atoms with E-state index in [9.17, 15) is 35.1 Å². The number of aliphatic carboxylic acids is 1. The Kier molecular flexibility index (Phi) is 9.28. The molecular weight excluding hydrogens is 616 g/mol. The molecule has 0 aromatic carbocycles. The van der Waals surface area contributed by atoms with Crippen LogP contribution in [-0.2, 0) is 23.8 Å². The summed E-state index contributed by atoms with van der Waals surface area (Å²) in [6.45, 7) is 13.8. The molecule has 1 heterocycles. The molecule has 0 bridgehead atoms. The third kappa shape index (κ3) is 4.93. The summed E-state index contributed by atoms with van der Waals surface area (Å²) in [7, 11) is 1.23. The molecule has 10 nitrogen and oxygen atoms in total. The van der Waals surface area contributed by atoms with Crippen LogP contribution in [0.25, 0.3) is 0 Å². The van der Waals surface area contributed by atoms with E-state index in [4.69, 9.17) is 14.2 Å². The lowest BCUT2D eigenvalue weighted by atomic mass is 9.33. The molecule has 272 valence electrons. The Morgan fingerprint density at radius 3 is 2.27 bits per heavy atom. The minimum absolute atomic E-state index is 0.0402. The number of carboxylic acid groups (broad SMARTS) is 1. The molecule has 5 N–H and O–H groups in total. The quantitative estimate of drug-likeness (QED) is 0.154. The maximum atomic E-state index is 13.0. The van der Waals surface area contributed by atoms with E-state index in [1.165, 1.54) is 12.7 Å². The van der Waals surface area contributed by atoms with Gasteiger partial charge in [0.2, 0.25) is 0 Å². The Hall–Kier alpha value is -1.56. The first-order chi connectivity index (χ1) is 22.4. The molecule has 1 saturated heterocycles. The van der Waals surface area contributed by atoms with Gasteiger partial charge in [-0.25, -0.2) is 0 Å². The van der Waals surface area contributed by atoms with Crippen LogP contribution in [0.2, 0.25) is 0 Å². The van der Waals surface area contributed by atoms with Crippen LogP contribution < -0.4 is 0 Å². The van der Waals surface area contributed by atoms with Crippen molar-refractivity contribution in [1.29, 1.82) is 0 Å². The van der Waals surface area contributed by atoms with Gasteiger partial charge < -0.3 is 39.7 Å². The fourth-order valence-electron chi connectivity index (χ4n) is 12.7. The highest BCUT2D eigenvalue weighted by molar-refractivity contribution is 5.76. The average molecular weight is 677 g/mol. The number of hydrogen-bond donors (Lipinski definition) is 5. The number of carboxylic acids is 1. The average Bonchev–Trinajstić information content (AvgIpc) is 3.05. The Morgan fingerprint density at radius 2 is 1.62 bits per heavy atom. The number of allylic oxidation sites excluding steroid dienone is 2. The number of methoxy groups -OCH3 is 1. The number of hydrogen-bond acceptors (Lipinski definition) is 9. The van der Waals surface area contributed by atoms with Gasteiger partial charge in [-0.05, 0) is 104 Å². The zero-order valence-electron chi connectivity index (χ0n) is 30.0. The lowest BCUT2D eigenvalue weighted by Gasteiger charge is -2.71. The molecule has 0 aromatic heterocycles. The van der Waals surface area contributed by atoms with Crippen molar-refractivity contribution in [1.82, 2.24) is 0 Å². The second-order valence-corrected chi connectivity index (χ2v) is 17.7. The molecule has 48 heavy (non-hydrogen) atoms. The Morgan fingerprint density at radius 1 is 0.917 bits per heavy atom. The third-order valence-corrected chi connectivity index (χ3v) is 16.1. The van der Waals surface area contributed by atoms with Gasteiger partial charge in [-0.3, -0.25) is 9.59 Å². The smallest absolute Gasteiger partial charge is 0.310 e. The number of carbonyl (C=O) groups is 2. The van der Waals surface area contributed by atoms with Crippen LogP contribution in [0.5, 0.6) is 0 Å². The zero-order valence-corrected chi connectivity index (χ0v) is 30.0. The van der Waals surface area contributed by atoms with Crippen molar-refractivity contribution < 1.29 is 49.3 Å². The van der Waals surface area contributed by atoms with Crippen molar-refractivity contribution in [3.63, 3.8) is 0 Å². The van der Waals surface area contributed by atoms with Crippen molar-refractivity contribution in [2.45, 2.75) is 143 Å². The molecule has 16 atom stereocenters. The SMILES string of the molecule is COC(=O)CC1OC(OC2CCC3(C)C(CCC4(C)C3CC=C3C5C(C)C(C)CCC5(C(=O)O)CCC34C)C2(C)CO)C(O)C(O)C1O. The Bertz CT molecular complexity index is 1300. The molecule has 0 aromatic rings. The van der Waals surface area contributed by atoms with E-state index in [1.54, 1.807) is 0 Å². The Balaban J connectivity index is 1.29. The lowest BCUT2D eigenvalue weighted by Crippen LogP contribution is -2.67. The minimum atomic E-state index is -1.57. The summed E-state index contributed by atoms with van der Waals surface area (Å²) in [6, 6.07) is 0. The van der Waals surface area contributed by atoms with Crippen molar-refractivity contribution in [3.05, 3.63) is 11.6 Å². The van der Waals surface area contributed by atoms with Gasteiger partial charge >= 0.3 is 11.9 Å². The number of esters is 1. The molecule has 0 radical (unpaired) electrons. The molecule has 6 rings (SSSR count). The summed E-state index contributed by atoms with van der Waals surface area (Å²) in [5.74, 6) is 0.0295. The van der Waals surface area contributed by atoms with Crippen LogP contribution >= 0.6 is 0 Å². The number of aliphatic hydroxyl groups excluding tert-OH is 4. The third-order valence-electron chi connectivity index (χ3n) is 16.1. The predicted octanol–water partition coefficient (Wildman–Crippen LogP) is 4.46. The maximum Gasteiger partial charge on any atom is 0.310 e. The second kappa shape index (κ2) is 12.3. The van der Waals surface area contributed by atoms with Gasteiger partial charge in [0.1, 0.15) is 18.3 Å². The number of carbonyl (C=O) groups excluding carboxylic acids is 1. The molecule has 0 amide bonds. The van der Waals surface area contributed by atoms with Crippen LogP contribution in [0.15, 0.2) is 11.6 Å². The van der Waals surface area contributed by atoms with E-state index in [2.05, 4.69) is 47.6 Å². The van der Waals surface area contributed by atoms with Gasteiger partial charge in [-0.15, -0.1) is 0 Å². The number of fused-ring (bicyclic) bond motifs is 7. The van der Waals surface area contributed by atoms with E-state index in [0.29, 0.717) is 30.6 Å². The van der Waals surface area contributed by atoms with Gasteiger partial charge in [-0.2, -0.15) is 0 Å². The first-order valence-corrected chi connectivity index (χ1v) is 18.4. The zero-order chi connectivity index (χ0) is 35.2. The maximum absolute atomic E-state index is 13.0. The summed E-state index contributed by atoms with van der Waals surface area (Å²) in [4.78, 5) is 25.0. The largest absolute Gasteiger partial charge is 0.481 e. The van der Waals surface area contributed by atoms with E-state index in [-0.39, 0.29) is 41.1 Å². The molecule has 6 aliphatic rings. The molecule has 4 saturated carbocycles. The topological polar surface area (TPSA) is 163 Å². The van der Waals surface area contributed by atoms with Gasteiger partial charge in [0.25, 0.3) is 0 Å². The molecule has 5 aliphatic carbocycles. The molecule has 5 fully saturated rings. The van der Waals surface area contributed by atoms with Crippen LogP contribution in [0.4, 0.5) is 0 Å². The van der Waals surface area contributed by atoms with Crippen LogP contribution in [0.1, 0.15) is 106 Å². The molecule has 0 spiro atoms. The van der Waals surface area contributed by atoms with Crippen molar-refractivity contribution in [2.24, 2.45) is 56.7 Å². The molecule has 16 unspecified atom stereocenters. The molecule has 10 heteroatoms. The predicted molar refractivity (Wildman–Crippen MR) is 176 cm³/mol. The standard InChI is InChI=1S/C38H60O10/c1-20-10-15-38(33(44)45)17-16-36(5)22(28(38)21(20)2)8-9-25-34(3)13-12-26(35(4,19-39)24(34)11-14-37(25,36)6)48-32-31(43)30(42)29(41)23(47-32)18-27(40)46-7/h8,20-21,23-26,28-32,39,41-43H,9-19H2,1-7H3,(H,44,45). The van der Waals surface area contributed by atoms with Crippen molar-refractivity contribution >= 4 is 11.9 Å². The Labute approximate surface area is 285 Å². The van der Waals surface area contributed by atoms with E-state index < -0.39 is 59.6 Å². The minimum Gasteiger partial charge on any atom is -0.481 e. The number of ether oxygens (including phenoxy) is 3. The highest BCUT2D eigenvalue weighted by Gasteiger charge is 2.70. The van der Waals surface area contributed by atoms with Gasteiger partial charge in [0, 0.05) is 5.41 Å². The summed E-state index contributed by atoms with van der Waals surface area (Å²) in [5.41, 5.74) is -0.257. The normalized spacial score (nSPS) is 53.3. The monoisotopic (exact) mass is 676 g/mol. The second-order valence-electron chi connectivity index (χ2n) is 17.7. The van der Waals surface area contributed by atoms with Crippen LogP contribution in [0, 0.1) is 56.7 Å². The van der Waals surface area contributed by atoms with E-state index >= 15 is 0 Å². The first-order valence-electron chi connectivity index (χ1n) is 18.4. The summed E-state index contributed by atoms with van der Waals surface area (Å²) < 4.78 is 17.1. The summed E-state index contributed by atoms with van der Waals surface area (Å²) in [6.07, 6.45) is 2.14. The fourth-order valence-corrected chi connectivity index (χ4v) is 12.7. The highest BCUT2D eigenvalue weighted by atomic mass is 16.7. The number of aliphatic hydroxyl groups is 4. The van der Waals surface area contributed by atoms with E-state index in [0.717, 1.165) is 44.9 Å². The van der Waals surface area contributed by atoms with Crippen molar-refractivity contribution in [2.75, 3.05) is 13.7 Å². The lowest BCUT2D eigenvalue weighted by molar-refractivity contribution is -0.330. The van der Waals surface area contributed by atoms with Gasteiger partial charge in [0.15, 0.2) is 6.29 Å². The fraction of sp³-hybridized carbons (Fsp3) is 0.895. The van der Waals surface area contributed by atoms with Gasteiger partial charge in [0.05, 0.1) is 37.8 Å². The summed E-state index contributed by atoms with van der Waals surface area (Å²) in [5, 5.41) is 53.9. The van der Waals surface area contributed by atoms with E-state index in [1.807, 2.05) is 0 Å². The van der Waals surface area contributed by atoms with Crippen molar-refractivity contribution in [3.8, 4) is 0 Å². The van der Waals surface area contributed by atoms with Crippen LogP contribution in [-0.4, -0.2) is 88.0 Å². The molecular formula is C38H60O10. The number of rotatable bonds is 6.